The number of carbonyl (C=O) groups is 2. The molecule has 0 radical (unpaired) electrons. The molecule has 9 nitrogen and oxygen atoms in total. The molecule has 18 heavy (non-hydrogen) atoms. The van der Waals surface area contributed by atoms with Crippen LogP contribution in [0.5, 0.6) is 0 Å². The Balaban J connectivity index is 2.51. The molecule has 1 aliphatic heterocycles. The Hall–Kier alpha value is -2.49. The van der Waals surface area contributed by atoms with E-state index in [4.69, 9.17) is 0 Å². The minimum atomic E-state index is -1.71. The molecule has 2 rings (SSSR count). The van der Waals surface area contributed by atoms with Crippen LogP contribution in [0.3, 0.4) is 0 Å². The number of carbonyl (C=O) groups excluding carboxylic acids is 2. The van der Waals surface area contributed by atoms with Crippen molar-refractivity contribution in [3.8, 4) is 0 Å². The molecule has 0 aliphatic carbocycles. The maximum Gasteiger partial charge on any atom is 0.329 e. The van der Waals surface area contributed by atoms with Gasteiger partial charge in [-0.25, -0.2) is 9.59 Å². The first-order valence-electron chi connectivity index (χ1n) is 4.70. The lowest BCUT2D eigenvalue weighted by atomic mass is 10.2. The highest BCUT2D eigenvalue weighted by Gasteiger charge is 2.36. The van der Waals surface area contributed by atoms with Crippen molar-refractivity contribution in [1.82, 2.24) is 20.2 Å². The summed E-state index contributed by atoms with van der Waals surface area (Å²) in [5, 5.41) is 13.2. The number of imide groups is 1. The van der Waals surface area contributed by atoms with E-state index in [0.717, 1.165) is 0 Å². The Kier molecular flexibility index (Phi) is 2.71. The number of aliphatic hydroxyl groups excluding tert-OH is 1. The summed E-state index contributed by atoms with van der Waals surface area (Å²) in [6, 6.07) is -2.51. The van der Waals surface area contributed by atoms with Gasteiger partial charge in [0.25, 0.3) is 11.5 Å². The minimum Gasteiger partial charge on any atom is -0.371 e. The molecule has 2 heterocycles. The zero-order valence-electron chi connectivity index (χ0n) is 8.64. The Morgan fingerprint density at radius 1 is 1.28 bits per heavy atom. The number of nitrogens with one attached hydrogen (secondary N) is 3. The third kappa shape index (κ3) is 1.88. The third-order valence-corrected chi connectivity index (χ3v) is 2.31. The zero-order chi connectivity index (χ0) is 13.4. The molecular formula is C8H7FN4O5. The normalized spacial score (nSPS) is 23.4. The number of rotatable bonds is 1. The summed E-state index contributed by atoms with van der Waals surface area (Å²) >= 11 is 0. The number of urea groups is 1. The van der Waals surface area contributed by atoms with Gasteiger partial charge in [-0.1, -0.05) is 0 Å². The predicted molar refractivity (Wildman–Crippen MR) is 53.0 cm³/mol. The number of hydrogen-bond acceptors (Lipinski definition) is 5. The SMILES string of the molecule is O=C1NC(=O)C(n2cc(F)c(=O)[nH]c2=O)C(O)N1. The highest BCUT2D eigenvalue weighted by atomic mass is 19.1. The molecular weight excluding hydrogens is 251 g/mol. The number of nitrogens with zero attached hydrogens (tertiary/aromatic N) is 1. The maximum atomic E-state index is 13.0. The van der Waals surface area contributed by atoms with Crippen LogP contribution in [-0.4, -0.2) is 32.8 Å². The molecule has 0 bridgehead atoms. The second-order valence-corrected chi connectivity index (χ2v) is 3.50. The molecule has 1 aromatic rings. The van der Waals surface area contributed by atoms with Crippen LogP contribution in [0.1, 0.15) is 6.04 Å². The van der Waals surface area contributed by atoms with Crippen molar-refractivity contribution in [3.63, 3.8) is 0 Å². The van der Waals surface area contributed by atoms with Gasteiger partial charge in [-0.15, -0.1) is 0 Å². The van der Waals surface area contributed by atoms with Gasteiger partial charge in [-0.05, 0) is 0 Å². The van der Waals surface area contributed by atoms with Crippen LogP contribution in [0.4, 0.5) is 9.18 Å². The van der Waals surface area contributed by atoms with Crippen molar-refractivity contribution in [1.29, 1.82) is 0 Å². The van der Waals surface area contributed by atoms with Gasteiger partial charge in [0.05, 0.1) is 6.20 Å². The van der Waals surface area contributed by atoms with E-state index in [1.165, 1.54) is 0 Å². The third-order valence-electron chi connectivity index (χ3n) is 2.31. The van der Waals surface area contributed by atoms with Crippen molar-refractivity contribution in [2.75, 3.05) is 0 Å². The summed E-state index contributed by atoms with van der Waals surface area (Å²) in [5.41, 5.74) is -2.33. The summed E-state index contributed by atoms with van der Waals surface area (Å²) < 4.78 is 13.5. The highest BCUT2D eigenvalue weighted by Crippen LogP contribution is 2.11. The van der Waals surface area contributed by atoms with Gasteiger partial charge in [0.1, 0.15) is 0 Å². The molecule has 10 heteroatoms. The second-order valence-electron chi connectivity index (χ2n) is 3.50. The van der Waals surface area contributed by atoms with E-state index >= 15 is 0 Å². The summed E-state index contributed by atoms with van der Waals surface area (Å²) in [7, 11) is 0. The monoisotopic (exact) mass is 258 g/mol. The number of hydrogen-bond donors (Lipinski definition) is 4. The van der Waals surface area contributed by atoms with Crippen molar-refractivity contribution in [3.05, 3.63) is 32.9 Å². The average Bonchev–Trinajstić information content (AvgIpc) is 2.24. The van der Waals surface area contributed by atoms with Crippen LogP contribution in [-0.2, 0) is 4.79 Å². The molecule has 2 unspecified atom stereocenters. The topological polar surface area (TPSA) is 133 Å². The van der Waals surface area contributed by atoms with Crippen LogP contribution in [0.25, 0.3) is 0 Å². The lowest BCUT2D eigenvalue weighted by molar-refractivity contribution is -0.128. The standard InChI is InChI=1S/C8H7FN4O5/c9-2-1-13(8(18)12-4(2)14)3-5(15)10-7(17)11-6(3)16/h1,3,5,15H,(H,12,14,18)(H2,10,11,16,17). The van der Waals surface area contributed by atoms with E-state index in [9.17, 15) is 28.7 Å². The summed E-state index contributed by atoms with van der Waals surface area (Å²) in [5.74, 6) is -2.30. The van der Waals surface area contributed by atoms with Crippen molar-refractivity contribution >= 4 is 11.9 Å². The van der Waals surface area contributed by atoms with Crippen LogP contribution in [0, 0.1) is 5.82 Å². The van der Waals surface area contributed by atoms with Gasteiger partial charge in [0.2, 0.25) is 5.82 Å². The fourth-order valence-electron chi connectivity index (χ4n) is 1.52. The fraction of sp³-hybridized carbons (Fsp3) is 0.250. The van der Waals surface area contributed by atoms with Gasteiger partial charge in [0, 0.05) is 0 Å². The van der Waals surface area contributed by atoms with Gasteiger partial charge in [-0.2, -0.15) is 4.39 Å². The Morgan fingerprint density at radius 2 is 1.94 bits per heavy atom. The lowest BCUT2D eigenvalue weighted by Gasteiger charge is -2.28. The number of aromatic nitrogens is 2. The molecule has 1 aliphatic rings. The number of aliphatic hydroxyl groups is 1. The molecule has 96 valence electrons. The van der Waals surface area contributed by atoms with Gasteiger partial charge in [0.15, 0.2) is 12.3 Å². The summed E-state index contributed by atoms with van der Waals surface area (Å²) in [6.45, 7) is 0. The molecule has 1 saturated heterocycles. The van der Waals surface area contributed by atoms with E-state index < -0.39 is 41.3 Å². The second kappa shape index (κ2) is 4.07. The van der Waals surface area contributed by atoms with Crippen LogP contribution in [0.2, 0.25) is 0 Å². The van der Waals surface area contributed by atoms with E-state index in [1.54, 1.807) is 10.3 Å². The molecule has 2 atom stereocenters. The summed E-state index contributed by atoms with van der Waals surface area (Å²) in [6.07, 6.45) is -1.24. The zero-order valence-corrected chi connectivity index (χ0v) is 8.64. The van der Waals surface area contributed by atoms with Gasteiger partial charge < -0.3 is 10.4 Å². The minimum absolute atomic E-state index is 0.478. The van der Waals surface area contributed by atoms with E-state index in [2.05, 4.69) is 0 Å². The number of halogens is 1. The van der Waals surface area contributed by atoms with Crippen LogP contribution >= 0.6 is 0 Å². The molecule has 0 saturated carbocycles. The largest absolute Gasteiger partial charge is 0.371 e. The molecule has 0 aromatic carbocycles. The number of aromatic amines is 1. The first kappa shape index (κ1) is 12.0. The van der Waals surface area contributed by atoms with Crippen molar-refractivity contribution in [2.24, 2.45) is 0 Å². The number of amides is 3. The van der Waals surface area contributed by atoms with Crippen molar-refractivity contribution < 1.29 is 19.1 Å². The Bertz CT molecular complexity index is 635. The van der Waals surface area contributed by atoms with Gasteiger partial charge >= 0.3 is 11.7 Å². The van der Waals surface area contributed by atoms with E-state index in [-0.39, 0.29) is 0 Å². The molecule has 1 fully saturated rings. The predicted octanol–water partition coefficient (Wildman–Crippen LogP) is -2.63. The number of H-pyrrole nitrogens is 1. The molecule has 3 amide bonds. The molecule has 0 spiro atoms. The lowest BCUT2D eigenvalue weighted by Crippen LogP contribution is -2.60. The fourth-order valence-corrected chi connectivity index (χ4v) is 1.52. The maximum absolute atomic E-state index is 13.0. The first-order chi connectivity index (χ1) is 8.40. The molecule has 1 aromatic heterocycles. The first-order valence-corrected chi connectivity index (χ1v) is 4.70. The van der Waals surface area contributed by atoms with E-state index in [0.29, 0.717) is 10.8 Å². The van der Waals surface area contributed by atoms with Gasteiger partial charge in [-0.3, -0.25) is 24.5 Å². The van der Waals surface area contributed by atoms with Crippen LogP contribution in [0.15, 0.2) is 15.8 Å². The average molecular weight is 258 g/mol. The Morgan fingerprint density at radius 3 is 2.56 bits per heavy atom. The quantitative estimate of drug-likeness (QED) is 0.437. The van der Waals surface area contributed by atoms with Crippen LogP contribution < -0.4 is 21.9 Å². The molecule has 4 N–H and O–H groups in total. The summed E-state index contributed by atoms with van der Waals surface area (Å²) in [4.78, 5) is 46.1. The Labute approximate surface area is 97.2 Å². The highest BCUT2D eigenvalue weighted by molar-refractivity contribution is 5.99. The smallest absolute Gasteiger partial charge is 0.329 e. The van der Waals surface area contributed by atoms with E-state index in [1.807, 2.05) is 5.32 Å². The van der Waals surface area contributed by atoms with Crippen molar-refractivity contribution in [2.45, 2.75) is 12.3 Å².